The SMILES string of the molecule is O=C(CSC(=O)c1ccc2ccccc2c1)c1ccccc1. The zero-order valence-corrected chi connectivity index (χ0v) is 12.7. The van der Waals surface area contributed by atoms with Crippen molar-refractivity contribution in [2.75, 3.05) is 5.75 Å². The van der Waals surface area contributed by atoms with Gasteiger partial charge in [-0.25, -0.2) is 0 Å². The third-order valence-corrected chi connectivity index (χ3v) is 4.32. The van der Waals surface area contributed by atoms with Gasteiger partial charge in [-0.05, 0) is 22.9 Å². The van der Waals surface area contributed by atoms with Gasteiger partial charge in [0.05, 0.1) is 5.75 Å². The van der Waals surface area contributed by atoms with Crippen molar-refractivity contribution < 1.29 is 9.59 Å². The monoisotopic (exact) mass is 306 g/mol. The van der Waals surface area contributed by atoms with Crippen molar-refractivity contribution in [2.45, 2.75) is 0 Å². The Labute approximate surface area is 133 Å². The van der Waals surface area contributed by atoms with E-state index in [1.807, 2.05) is 60.7 Å². The number of hydrogen-bond acceptors (Lipinski definition) is 3. The predicted octanol–water partition coefficient (Wildman–Crippen LogP) is 4.60. The Balaban J connectivity index is 1.69. The van der Waals surface area contributed by atoms with Crippen LogP contribution in [0.1, 0.15) is 20.7 Å². The molecule has 0 saturated heterocycles. The van der Waals surface area contributed by atoms with Gasteiger partial charge >= 0.3 is 0 Å². The van der Waals surface area contributed by atoms with Crippen LogP contribution in [0.3, 0.4) is 0 Å². The van der Waals surface area contributed by atoms with Crippen LogP contribution in [0.2, 0.25) is 0 Å². The van der Waals surface area contributed by atoms with Gasteiger partial charge in [-0.3, -0.25) is 9.59 Å². The van der Waals surface area contributed by atoms with Crippen LogP contribution >= 0.6 is 11.8 Å². The fourth-order valence-electron chi connectivity index (χ4n) is 2.24. The summed E-state index contributed by atoms with van der Waals surface area (Å²) in [5.41, 5.74) is 1.27. The summed E-state index contributed by atoms with van der Waals surface area (Å²) < 4.78 is 0. The molecule has 3 aromatic rings. The van der Waals surface area contributed by atoms with Crippen LogP contribution in [-0.4, -0.2) is 16.7 Å². The van der Waals surface area contributed by atoms with E-state index >= 15 is 0 Å². The minimum Gasteiger partial charge on any atom is -0.293 e. The van der Waals surface area contributed by atoms with Gasteiger partial charge in [0.2, 0.25) is 5.12 Å². The first kappa shape index (κ1) is 14.5. The molecule has 22 heavy (non-hydrogen) atoms. The van der Waals surface area contributed by atoms with E-state index in [2.05, 4.69) is 0 Å². The maximum absolute atomic E-state index is 12.2. The molecule has 0 radical (unpaired) electrons. The second-order valence-electron chi connectivity index (χ2n) is 4.93. The topological polar surface area (TPSA) is 34.1 Å². The molecule has 108 valence electrons. The molecule has 2 nitrogen and oxygen atoms in total. The Kier molecular flexibility index (Phi) is 4.35. The predicted molar refractivity (Wildman–Crippen MR) is 91.5 cm³/mol. The summed E-state index contributed by atoms with van der Waals surface area (Å²) in [6, 6.07) is 22.6. The number of Topliss-reactive ketones (excluding diaryl/α,β-unsaturated/α-hetero) is 1. The molecule has 0 saturated carbocycles. The minimum absolute atomic E-state index is 0.0280. The average Bonchev–Trinajstić information content (AvgIpc) is 2.59. The van der Waals surface area contributed by atoms with Gasteiger partial charge in [0.15, 0.2) is 5.78 Å². The molecule has 0 unspecified atom stereocenters. The van der Waals surface area contributed by atoms with Crippen LogP contribution < -0.4 is 0 Å². The second-order valence-corrected chi connectivity index (χ2v) is 5.88. The van der Waals surface area contributed by atoms with Gasteiger partial charge in [0.25, 0.3) is 0 Å². The van der Waals surface area contributed by atoms with Crippen LogP contribution in [-0.2, 0) is 0 Å². The highest BCUT2D eigenvalue weighted by Gasteiger charge is 2.11. The Morgan fingerprint density at radius 2 is 1.41 bits per heavy atom. The molecule has 0 aliphatic carbocycles. The largest absolute Gasteiger partial charge is 0.293 e. The van der Waals surface area contributed by atoms with Gasteiger partial charge in [-0.1, -0.05) is 72.4 Å². The lowest BCUT2D eigenvalue weighted by molar-refractivity contribution is 0.101. The molecule has 0 amide bonds. The van der Waals surface area contributed by atoms with Crippen LogP contribution in [0, 0.1) is 0 Å². The molecule has 0 spiro atoms. The number of carbonyl (C=O) groups excluding carboxylic acids is 2. The number of thioether (sulfide) groups is 1. The molecule has 3 heteroatoms. The highest BCUT2D eigenvalue weighted by atomic mass is 32.2. The first-order valence-corrected chi connectivity index (χ1v) is 7.97. The quantitative estimate of drug-likeness (QED) is 0.661. The molecule has 3 rings (SSSR count). The average molecular weight is 306 g/mol. The Morgan fingerprint density at radius 3 is 2.18 bits per heavy atom. The molecular weight excluding hydrogens is 292 g/mol. The lowest BCUT2D eigenvalue weighted by Gasteiger charge is -2.03. The zero-order valence-electron chi connectivity index (χ0n) is 11.9. The lowest BCUT2D eigenvalue weighted by atomic mass is 10.1. The van der Waals surface area contributed by atoms with E-state index in [0.29, 0.717) is 11.1 Å². The molecular formula is C19H14O2S. The van der Waals surface area contributed by atoms with E-state index in [9.17, 15) is 9.59 Å². The molecule has 0 aliphatic rings. The molecule has 0 bridgehead atoms. The number of ketones is 1. The van der Waals surface area contributed by atoms with Crippen molar-refractivity contribution in [3.63, 3.8) is 0 Å². The van der Waals surface area contributed by atoms with Crippen LogP contribution in [0.15, 0.2) is 72.8 Å². The lowest BCUT2D eigenvalue weighted by Crippen LogP contribution is -2.05. The number of benzene rings is 3. The standard InChI is InChI=1S/C19H14O2S/c20-18(15-7-2-1-3-8-15)13-22-19(21)17-11-10-14-6-4-5-9-16(14)12-17/h1-12H,13H2. The summed E-state index contributed by atoms with van der Waals surface area (Å²) in [6.07, 6.45) is 0. The van der Waals surface area contributed by atoms with E-state index in [4.69, 9.17) is 0 Å². The molecule has 3 aromatic carbocycles. The van der Waals surface area contributed by atoms with Crippen LogP contribution in [0.4, 0.5) is 0 Å². The summed E-state index contributed by atoms with van der Waals surface area (Å²) >= 11 is 1.05. The smallest absolute Gasteiger partial charge is 0.219 e. The van der Waals surface area contributed by atoms with Crippen LogP contribution in [0.25, 0.3) is 10.8 Å². The van der Waals surface area contributed by atoms with Gasteiger partial charge in [0.1, 0.15) is 0 Å². The fraction of sp³-hybridized carbons (Fsp3) is 0.0526. The van der Waals surface area contributed by atoms with Gasteiger partial charge in [-0.15, -0.1) is 0 Å². The molecule has 0 N–H and O–H groups in total. The molecule has 0 heterocycles. The van der Waals surface area contributed by atoms with E-state index in [-0.39, 0.29) is 16.7 Å². The third kappa shape index (κ3) is 3.26. The van der Waals surface area contributed by atoms with Gasteiger partial charge < -0.3 is 0 Å². The summed E-state index contributed by atoms with van der Waals surface area (Å²) in [5.74, 6) is 0.134. The van der Waals surface area contributed by atoms with Crippen molar-refractivity contribution in [3.8, 4) is 0 Å². The molecule has 0 aliphatic heterocycles. The van der Waals surface area contributed by atoms with E-state index in [1.165, 1.54) is 0 Å². The van der Waals surface area contributed by atoms with Crippen LogP contribution in [0.5, 0.6) is 0 Å². The molecule has 0 atom stereocenters. The summed E-state index contributed by atoms with van der Waals surface area (Å²) in [4.78, 5) is 24.3. The number of carbonyl (C=O) groups is 2. The maximum atomic E-state index is 12.2. The fourth-order valence-corrected chi connectivity index (χ4v) is 2.96. The molecule has 0 fully saturated rings. The van der Waals surface area contributed by atoms with Crippen molar-refractivity contribution in [3.05, 3.63) is 83.9 Å². The number of hydrogen-bond donors (Lipinski definition) is 0. The van der Waals surface area contributed by atoms with Crippen molar-refractivity contribution in [2.24, 2.45) is 0 Å². The van der Waals surface area contributed by atoms with Crippen molar-refractivity contribution >= 4 is 33.4 Å². The van der Waals surface area contributed by atoms with Gasteiger partial charge in [0, 0.05) is 11.1 Å². The Hall–Kier alpha value is -2.39. The second kappa shape index (κ2) is 6.58. The molecule has 0 aromatic heterocycles. The summed E-state index contributed by atoms with van der Waals surface area (Å²) in [5, 5.41) is 2.06. The highest BCUT2D eigenvalue weighted by molar-refractivity contribution is 8.14. The normalized spacial score (nSPS) is 10.5. The summed E-state index contributed by atoms with van der Waals surface area (Å²) in [7, 11) is 0. The first-order chi connectivity index (χ1) is 10.7. The first-order valence-electron chi connectivity index (χ1n) is 6.98. The summed E-state index contributed by atoms with van der Waals surface area (Å²) in [6.45, 7) is 0. The van der Waals surface area contributed by atoms with Crippen molar-refractivity contribution in [1.29, 1.82) is 0 Å². The third-order valence-electron chi connectivity index (χ3n) is 3.42. The minimum atomic E-state index is -0.0740. The maximum Gasteiger partial charge on any atom is 0.219 e. The zero-order chi connectivity index (χ0) is 15.4. The Morgan fingerprint density at radius 1 is 0.727 bits per heavy atom. The van der Waals surface area contributed by atoms with E-state index in [0.717, 1.165) is 22.5 Å². The number of fused-ring (bicyclic) bond motifs is 1. The Bertz CT molecular complexity index is 825. The van der Waals surface area contributed by atoms with E-state index < -0.39 is 0 Å². The van der Waals surface area contributed by atoms with Crippen molar-refractivity contribution in [1.82, 2.24) is 0 Å². The van der Waals surface area contributed by atoms with E-state index in [1.54, 1.807) is 12.1 Å². The highest BCUT2D eigenvalue weighted by Crippen LogP contribution is 2.20. The number of rotatable bonds is 4. The van der Waals surface area contributed by atoms with Gasteiger partial charge in [-0.2, -0.15) is 0 Å².